The molecule has 0 atom stereocenters. The van der Waals surface area contributed by atoms with Crippen molar-refractivity contribution in [1.29, 1.82) is 0 Å². The quantitative estimate of drug-likeness (QED) is 0.521. The molecule has 1 N–H and O–H groups in total. The van der Waals surface area contributed by atoms with Crippen LogP contribution >= 0.6 is 0 Å². The van der Waals surface area contributed by atoms with Crippen molar-refractivity contribution in [1.82, 2.24) is 0 Å². The van der Waals surface area contributed by atoms with E-state index in [2.05, 4.69) is 5.32 Å². The smallest absolute Gasteiger partial charge is 0.248 e. The molecule has 0 fully saturated rings. The van der Waals surface area contributed by atoms with Gasteiger partial charge in [0.25, 0.3) is 0 Å². The molecule has 1 aromatic heterocycles. The Morgan fingerprint density at radius 1 is 1.10 bits per heavy atom. The Hall–Kier alpha value is -3.41. The number of methoxy groups -OCH3 is 2. The molecule has 0 saturated carbocycles. The van der Waals surface area contributed by atoms with E-state index in [9.17, 15) is 4.79 Å². The molecular weight excluding hydrogens is 382 g/mol. The lowest BCUT2D eigenvalue weighted by molar-refractivity contribution is -0.111. The molecule has 1 amide bonds. The lowest BCUT2D eigenvalue weighted by Crippen LogP contribution is -2.10. The van der Waals surface area contributed by atoms with Gasteiger partial charge < -0.3 is 23.9 Å². The molecule has 0 aliphatic carbocycles. The van der Waals surface area contributed by atoms with E-state index in [0.29, 0.717) is 29.5 Å². The van der Waals surface area contributed by atoms with Crippen molar-refractivity contribution >= 4 is 28.1 Å². The summed E-state index contributed by atoms with van der Waals surface area (Å²) < 4.78 is 22.2. The number of rotatable bonds is 7. The monoisotopic (exact) mass is 409 g/mol. The molecule has 3 rings (SSSR count). The molecule has 1 heterocycles. The summed E-state index contributed by atoms with van der Waals surface area (Å²) in [5, 5.41) is 3.87. The second kappa shape index (κ2) is 8.95. The van der Waals surface area contributed by atoms with Gasteiger partial charge in [-0.1, -0.05) is 0 Å². The highest BCUT2D eigenvalue weighted by atomic mass is 16.5. The van der Waals surface area contributed by atoms with Gasteiger partial charge >= 0.3 is 0 Å². The fourth-order valence-electron chi connectivity index (χ4n) is 3.31. The molecule has 6 nitrogen and oxygen atoms in total. The van der Waals surface area contributed by atoms with Crippen LogP contribution in [0.4, 0.5) is 5.69 Å². The Morgan fingerprint density at radius 3 is 2.53 bits per heavy atom. The third-order valence-corrected chi connectivity index (χ3v) is 5.01. The number of hydrogen-bond donors (Lipinski definition) is 1. The highest BCUT2D eigenvalue weighted by molar-refractivity contribution is 6.05. The number of nitrogens with one attached hydrogen (secondary N) is 1. The van der Waals surface area contributed by atoms with Crippen molar-refractivity contribution in [2.24, 2.45) is 0 Å². The summed E-state index contributed by atoms with van der Waals surface area (Å²) in [6, 6.07) is 9.13. The van der Waals surface area contributed by atoms with Gasteiger partial charge in [-0.25, -0.2) is 0 Å². The highest BCUT2D eigenvalue weighted by Gasteiger charge is 2.15. The van der Waals surface area contributed by atoms with E-state index >= 15 is 0 Å². The number of benzene rings is 2. The molecule has 0 aliphatic rings. The number of ether oxygens (including phenoxy) is 3. The van der Waals surface area contributed by atoms with E-state index in [1.165, 1.54) is 0 Å². The maximum atomic E-state index is 12.7. The van der Waals surface area contributed by atoms with Crippen molar-refractivity contribution < 1.29 is 23.4 Å². The number of hydrogen-bond acceptors (Lipinski definition) is 5. The predicted octanol–water partition coefficient (Wildman–Crippen LogP) is 5.51. The van der Waals surface area contributed by atoms with Crippen LogP contribution in [-0.4, -0.2) is 26.7 Å². The number of anilines is 1. The number of allylic oxidation sites excluding steroid dienone is 1. The van der Waals surface area contributed by atoms with Crippen molar-refractivity contribution in [3.8, 4) is 17.2 Å². The maximum absolute atomic E-state index is 12.7. The van der Waals surface area contributed by atoms with Crippen molar-refractivity contribution in [3.05, 3.63) is 53.3 Å². The Labute approximate surface area is 176 Å². The Bertz CT molecular complexity index is 1110. The third kappa shape index (κ3) is 4.27. The Balaban J connectivity index is 1.96. The first-order chi connectivity index (χ1) is 14.4. The van der Waals surface area contributed by atoms with Crippen molar-refractivity contribution in [2.75, 3.05) is 26.1 Å². The first-order valence-corrected chi connectivity index (χ1v) is 9.76. The summed E-state index contributed by atoms with van der Waals surface area (Å²) in [5.41, 5.74) is 4.01. The van der Waals surface area contributed by atoms with Gasteiger partial charge in [0.1, 0.15) is 28.6 Å². The Kier molecular flexibility index (Phi) is 6.35. The highest BCUT2D eigenvalue weighted by Crippen LogP contribution is 2.35. The second-order valence-electron chi connectivity index (χ2n) is 6.94. The molecule has 3 aromatic rings. The number of furan rings is 1. The summed E-state index contributed by atoms with van der Waals surface area (Å²) in [6.45, 7) is 8.28. The SMILES string of the molecule is CCOc1cc2oc(C)c(C)c2cc1/C(C)=C/C(=O)Nc1cc(OC)ccc1OC. The lowest BCUT2D eigenvalue weighted by Gasteiger charge is -2.13. The minimum Gasteiger partial charge on any atom is -0.497 e. The maximum Gasteiger partial charge on any atom is 0.248 e. The van der Waals surface area contributed by atoms with E-state index in [-0.39, 0.29) is 5.91 Å². The van der Waals surface area contributed by atoms with Crippen LogP contribution in [0.2, 0.25) is 0 Å². The van der Waals surface area contributed by atoms with Gasteiger partial charge in [-0.2, -0.15) is 0 Å². The van der Waals surface area contributed by atoms with Gasteiger partial charge in [-0.15, -0.1) is 0 Å². The van der Waals surface area contributed by atoms with Crippen LogP contribution in [0, 0.1) is 13.8 Å². The zero-order valence-corrected chi connectivity index (χ0v) is 18.2. The summed E-state index contributed by atoms with van der Waals surface area (Å²) >= 11 is 0. The zero-order chi connectivity index (χ0) is 21.8. The largest absolute Gasteiger partial charge is 0.497 e. The minimum absolute atomic E-state index is 0.276. The van der Waals surface area contributed by atoms with Crippen LogP contribution in [0.5, 0.6) is 17.2 Å². The predicted molar refractivity (Wildman–Crippen MR) is 119 cm³/mol. The average molecular weight is 409 g/mol. The molecule has 6 heteroatoms. The third-order valence-electron chi connectivity index (χ3n) is 5.01. The molecule has 0 bridgehead atoms. The summed E-state index contributed by atoms with van der Waals surface area (Å²) in [6.07, 6.45) is 1.55. The van der Waals surface area contributed by atoms with Gasteiger partial charge in [0, 0.05) is 29.2 Å². The van der Waals surface area contributed by atoms with Gasteiger partial charge in [0.15, 0.2) is 0 Å². The van der Waals surface area contributed by atoms with Gasteiger partial charge in [0.2, 0.25) is 5.91 Å². The van der Waals surface area contributed by atoms with E-state index < -0.39 is 0 Å². The van der Waals surface area contributed by atoms with Crippen LogP contribution < -0.4 is 19.5 Å². The first kappa shape index (κ1) is 21.3. The Morgan fingerprint density at radius 2 is 1.87 bits per heavy atom. The van der Waals surface area contributed by atoms with Crippen LogP contribution in [0.3, 0.4) is 0 Å². The second-order valence-corrected chi connectivity index (χ2v) is 6.94. The molecule has 2 aromatic carbocycles. The first-order valence-electron chi connectivity index (χ1n) is 9.76. The summed E-state index contributed by atoms with van der Waals surface area (Å²) in [5.74, 6) is 2.45. The van der Waals surface area contributed by atoms with E-state index in [4.69, 9.17) is 18.6 Å². The standard InChI is InChI=1S/C24H27NO5/c1-7-29-22-13-23-19(15(3)16(4)30-23)12-18(22)14(2)10-24(26)25-20-11-17(27-5)8-9-21(20)28-6/h8-13H,7H2,1-6H3,(H,25,26)/b14-10+. The number of aryl methyl sites for hydroxylation is 2. The van der Waals surface area contributed by atoms with Crippen LogP contribution in [-0.2, 0) is 4.79 Å². The van der Waals surface area contributed by atoms with E-state index in [1.807, 2.05) is 39.8 Å². The molecular formula is C24H27NO5. The summed E-state index contributed by atoms with van der Waals surface area (Å²) in [7, 11) is 3.12. The number of amides is 1. The summed E-state index contributed by atoms with van der Waals surface area (Å²) in [4.78, 5) is 12.7. The lowest BCUT2D eigenvalue weighted by atomic mass is 10.0. The van der Waals surface area contributed by atoms with Gasteiger partial charge in [0.05, 0.1) is 26.5 Å². The number of carbonyl (C=O) groups excluding carboxylic acids is 1. The number of fused-ring (bicyclic) bond motifs is 1. The van der Waals surface area contributed by atoms with Crippen molar-refractivity contribution in [3.63, 3.8) is 0 Å². The van der Waals surface area contributed by atoms with Gasteiger partial charge in [-0.3, -0.25) is 4.79 Å². The molecule has 0 spiro atoms. The normalized spacial score (nSPS) is 11.5. The zero-order valence-electron chi connectivity index (χ0n) is 18.2. The minimum atomic E-state index is -0.276. The van der Waals surface area contributed by atoms with Crippen LogP contribution in [0.25, 0.3) is 16.5 Å². The number of carbonyl (C=O) groups is 1. The molecule has 0 unspecified atom stereocenters. The van der Waals surface area contributed by atoms with Crippen LogP contribution in [0.15, 0.2) is 40.8 Å². The molecule has 0 saturated heterocycles. The average Bonchev–Trinajstić information content (AvgIpc) is 3.00. The molecule has 30 heavy (non-hydrogen) atoms. The van der Waals surface area contributed by atoms with Gasteiger partial charge in [-0.05, 0) is 57.0 Å². The fourth-order valence-corrected chi connectivity index (χ4v) is 3.31. The van der Waals surface area contributed by atoms with E-state index in [1.54, 1.807) is 38.5 Å². The molecule has 0 aliphatic heterocycles. The molecule has 158 valence electrons. The van der Waals surface area contributed by atoms with E-state index in [0.717, 1.165) is 33.4 Å². The van der Waals surface area contributed by atoms with Crippen LogP contribution in [0.1, 0.15) is 30.7 Å². The van der Waals surface area contributed by atoms with Crippen molar-refractivity contribution in [2.45, 2.75) is 27.7 Å². The fraction of sp³-hybridized carbons (Fsp3) is 0.292. The molecule has 0 radical (unpaired) electrons. The topological polar surface area (TPSA) is 69.9 Å².